The van der Waals surface area contributed by atoms with Gasteiger partial charge in [0, 0.05) is 19.0 Å². The number of sulfonamides is 1. The molecular weight excluding hydrogens is 375 g/mol. The van der Waals surface area contributed by atoms with Crippen LogP contribution in [-0.2, 0) is 16.2 Å². The first-order chi connectivity index (χ1) is 11.7. The molecule has 0 unspecified atom stereocenters. The number of hydrogen-bond acceptors (Lipinski definition) is 2. The normalized spacial score (nSPS) is 22.6. The number of allylic oxidation sites excluding steroid dienone is 2. The Morgan fingerprint density at radius 3 is 2.20 bits per heavy atom. The molecule has 1 aromatic rings. The van der Waals surface area contributed by atoms with Crippen LogP contribution in [0.2, 0.25) is 0 Å². The third-order valence-electron chi connectivity index (χ3n) is 4.61. The minimum Gasteiger partial charge on any atom is -0.207 e. The SMILES string of the molecule is CN([C@H]1CC[C@H](/C=C/CCl)CC1)S(=O)(=O)c1ccc(C(F)(F)F)cc1. The summed E-state index contributed by atoms with van der Waals surface area (Å²) in [5, 5.41) is 0. The summed E-state index contributed by atoms with van der Waals surface area (Å²) in [5.41, 5.74) is -0.860. The minimum absolute atomic E-state index is 0.118. The lowest BCUT2D eigenvalue weighted by Crippen LogP contribution is -2.39. The van der Waals surface area contributed by atoms with Crippen molar-refractivity contribution in [2.24, 2.45) is 5.92 Å². The summed E-state index contributed by atoms with van der Waals surface area (Å²) in [4.78, 5) is -0.118. The molecule has 3 nitrogen and oxygen atoms in total. The predicted octanol–water partition coefficient (Wildman–Crippen LogP) is 4.68. The van der Waals surface area contributed by atoms with Gasteiger partial charge in [-0.15, -0.1) is 11.6 Å². The zero-order valence-electron chi connectivity index (χ0n) is 13.8. The summed E-state index contributed by atoms with van der Waals surface area (Å²) in [6.45, 7) is 0. The second kappa shape index (κ2) is 8.10. The van der Waals surface area contributed by atoms with Crippen LogP contribution >= 0.6 is 11.6 Å². The summed E-state index contributed by atoms with van der Waals surface area (Å²) in [6, 6.07) is 3.49. The van der Waals surface area contributed by atoms with Crippen molar-refractivity contribution in [2.75, 3.05) is 12.9 Å². The Morgan fingerprint density at radius 1 is 1.16 bits per heavy atom. The molecule has 0 heterocycles. The summed E-state index contributed by atoms with van der Waals surface area (Å²) in [7, 11) is -2.32. The van der Waals surface area contributed by atoms with Gasteiger partial charge in [0.1, 0.15) is 0 Å². The molecule has 0 atom stereocenters. The molecule has 2 rings (SSSR count). The van der Waals surface area contributed by atoms with Gasteiger partial charge in [-0.3, -0.25) is 0 Å². The average Bonchev–Trinajstić information content (AvgIpc) is 2.59. The molecule has 0 amide bonds. The Labute approximate surface area is 151 Å². The van der Waals surface area contributed by atoms with E-state index < -0.39 is 21.8 Å². The van der Waals surface area contributed by atoms with Gasteiger partial charge in [0.2, 0.25) is 10.0 Å². The van der Waals surface area contributed by atoms with E-state index in [0.717, 1.165) is 37.1 Å². The number of nitrogens with zero attached hydrogens (tertiary/aromatic N) is 1. The van der Waals surface area contributed by atoms with E-state index in [4.69, 9.17) is 11.6 Å². The predicted molar refractivity (Wildman–Crippen MR) is 92.0 cm³/mol. The van der Waals surface area contributed by atoms with Crippen molar-refractivity contribution >= 4 is 21.6 Å². The van der Waals surface area contributed by atoms with E-state index in [2.05, 4.69) is 6.08 Å². The van der Waals surface area contributed by atoms with Gasteiger partial charge in [-0.05, 0) is 55.9 Å². The summed E-state index contributed by atoms with van der Waals surface area (Å²) in [6.07, 6.45) is 2.64. The molecule has 1 aliphatic rings. The molecule has 0 spiro atoms. The second-order valence-corrected chi connectivity index (χ2v) is 8.50. The van der Waals surface area contributed by atoms with Crippen molar-refractivity contribution in [3.63, 3.8) is 0 Å². The molecule has 0 bridgehead atoms. The van der Waals surface area contributed by atoms with Crippen LogP contribution in [0.1, 0.15) is 31.2 Å². The van der Waals surface area contributed by atoms with Crippen molar-refractivity contribution in [3.8, 4) is 0 Å². The Balaban J connectivity index is 2.08. The molecule has 8 heteroatoms. The molecule has 0 radical (unpaired) electrons. The molecule has 140 valence electrons. The van der Waals surface area contributed by atoms with Gasteiger partial charge in [-0.2, -0.15) is 17.5 Å². The van der Waals surface area contributed by atoms with Crippen LogP contribution < -0.4 is 0 Å². The maximum atomic E-state index is 12.7. The Kier molecular flexibility index (Phi) is 6.56. The quantitative estimate of drug-likeness (QED) is 0.536. The monoisotopic (exact) mass is 395 g/mol. The fraction of sp³-hybridized carbons (Fsp3) is 0.529. The van der Waals surface area contributed by atoms with E-state index in [-0.39, 0.29) is 10.9 Å². The van der Waals surface area contributed by atoms with Gasteiger partial charge < -0.3 is 0 Å². The Morgan fingerprint density at radius 2 is 1.72 bits per heavy atom. The number of benzene rings is 1. The first kappa shape index (κ1) is 20.3. The lowest BCUT2D eigenvalue weighted by atomic mass is 9.86. The van der Waals surface area contributed by atoms with Crippen LogP contribution in [0, 0.1) is 5.92 Å². The molecule has 0 saturated heterocycles. The van der Waals surface area contributed by atoms with Crippen LogP contribution in [0.25, 0.3) is 0 Å². The molecule has 1 aromatic carbocycles. The number of hydrogen-bond donors (Lipinski definition) is 0. The van der Waals surface area contributed by atoms with Crippen LogP contribution in [0.15, 0.2) is 41.3 Å². The van der Waals surface area contributed by atoms with Crippen molar-refractivity contribution < 1.29 is 21.6 Å². The topological polar surface area (TPSA) is 37.4 Å². The molecule has 1 aliphatic carbocycles. The van der Waals surface area contributed by atoms with E-state index in [1.807, 2.05) is 6.08 Å². The summed E-state index contributed by atoms with van der Waals surface area (Å²) in [5.74, 6) is 0.861. The van der Waals surface area contributed by atoms with E-state index >= 15 is 0 Å². The fourth-order valence-corrected chi connectivity index (χ4v) is 4.60. The highest BCUT2D eigenvalue weighted by Gasteiger charge is 2.33. The Bertz CT molecular complexity index is 694. The molecule has 0 N–H and O–H groups in total. The Hall–Kier alpha value is -1.05. The standard InChI is InChI=1S/C17H21ClF3NO2S/c1-22(15-8-4-13(5-9-15)3-2-12-18)25(23,24)16-10-6-14(7-11-16)17(19,20)21/h2-3,6-7,10-11,13,15H,4-5,8-9,12H2,1H3/b3-2+/t13-,15-. The number of rotatable bonds is 5. The number of halogens is 4. The maximum absolute atomic E-state index is 12.7. The van der Waals surface area contributed by atoms with Gasteiger partial charge in [0.05, 0.1) is 10.5 Å². The molecule has 1 fully saturated rings. The largest absolute Gasteiger partial charge is 0.416 e. The zero-order valence-corrected chi connectivity index (χ0v) is 15.4. The van der Waals surface area contributed by atoms with Crippen LogP contribution in [0.3, 0.4) is 0 Å². The third-order valence-corrected chi connectivity index (χ3v) is 6.71. The van der Waals surface area contributed by atoms with Crippen LogP contribution in [0.5, 0.6) is 0 Å². The van der Waals surface area contributed by atoms with Crippen molar-refractivity contribution in [1.29, 1.82) is 0 Å². The van der Waals surface area contributed by atoms with Gasteiger partial charge >= 0.3 is 6.18 Å². The first-order valence-corrected chi connectivity index (χ1v) is 10.0. The van der Waals surface area contributed by atoms with Crippen molar-refractivity contribution in [3.05, 3.63) is 42.0 Å². The number of alkyl halides is 4. The third kappa shape index (κ3) is 4.99. The van der Waals surface area contributed by atoms with E-state index in [0.29, 0.717) is 24.6 Å². The van der Waals surface area contributed by atoms with Crippen LogP contribution in [0.4, 0.5) is 13.2 Å². The lowest BCUT2D eigenvalue weighted by Gasteiger charge is -2.33. The highest BCUT2D eigenvalue weighted by atomic mass is 35.5. The zero-order chi connectivity index (χ0) is 18.7. The maximum Gasteiger partial charge on any atom is 0.416 e. The summed E-state index contributed by atoms with van der Waals surface area (Å²) >= 11 is 5.62. The molecular formula is C17H21ClF3NO2S. The van der Waals surface area contributed by atoms with Gasteiger partial charge in [-0.25, -0.2) is 8.42 Å². The lowest BCUT2D eigenvalue weighted by molar-refractivity contribution is -0.137. The average molecular weight is 396 g/mol. The van der Waals surface area contributed by atoms with Gasteiger partial charge in [0.15, 0.2) is 0 Å². The highest BCUT2D eigenvalue weighted by molar-refractivity contribution is 7.89. The molecule has 1 saturated carbocycles. The molecule has 0 aliphatic heterocycles. The van der Waals surface area contributed by atoms with E-state index in [1.165, 1.54) is 11.4 Å². The van der Waals surface area contributed by atoms with E-state index in [1.54, 1.807) is 0 Å². The molecule has 25 heavy (non-hydrogen) atoms. The van der Waals surface area contributed by atoms with Gasteiger partial charge in [0.25, 0.3) is 0 Å². The van der Waals surface area contributed by atoms with Crippen LogP contribution in [-0.4, -0.2) is 31.7 Å². The summed E-state index contributed by atoms with van der Waals surface area (Å²) < 4.78 is 64.5. The first-order valence-electron chi connectivity index (χ1n) is 8.04. The molecule has 0 aromatic heterocycles. The van der Waals surface area contributed by atoms with Gasteiger partial charge in [-0.1, -0.05) is 12.2 Å². The van der Waals surface area contributed by atoms with E-state index in [9.17, 15) is 21.6 Å². The highest BCUT2D eigenvalue weighted by Crippen LogP contribution is 2.32. The second-order valence-electron chi connectivity index (χ2n) is 6.19. The van der Waals surface area contributed by atoms with Crippen molar-refractivity contribution in [2.45, 2.75) is 42.8 Å². The minimum atomic E-state index is -4.48. The van der Waals surface area contributed by atoms with Crippen molar-refractivity contribution in [1.82, 2.24) is 4.31 Å². The fourth-order valence-electron chi connectivity index (χ4n) is 3.08. The smallest absolute Gasteiger partial charge is 0.207 e.